The maximum Gasteiger partial charge on any atom is 0.349 e. The van der Waals surface area contributed by atoms with Crippen molar-refractivity contribution in [1.82, 2.24) is 15.7 Å². The van der Waals surface area contributed by atoms with Crippen LogP contribution in [0.15, 0.2) is 0 Å². The van der Waals surface area contributed by atoms with Gasteiger partial charge in [-0.1, -0.05) is 33.1 Å². The summed E-state index contributed by atoms with van der Waals surface area (Å²) in [6.07, 6.45) is 3.88. The summed E-state index contributed by atoms with van der Waals surface area (Å²) in [6, 6.07) is -1.90. The molecule has 0 aliphatic heterocycles. The molecule has 0 unspecified atom stereocenters. The maximum atomic E-state index is 12.0. The van der Waals surface area contributed by atoms with Crippen molar-refractivity contribution in [3.05, 3.63) is 0 Å². The number of nitrogens with zero attached hydrogens (tertiary/aromatic N) is 1. The Labute approximate surface area is 154 Å². The third-order valence-electron chi connectivity index (χ3n) is 3.88. The number of hydrogen-bond acceptors (Lipinski definition) is 5. The first kappa shape index (κ1) is 23.8. The zero-order valence-electron chi connectivity index (χ0n) is 15.9. The number of hydroxylamine groups is 2. The van der Waals surface area contributed by atoms with E-state index in [2.05, 4.69) is 10.6 Å². The average Bonchev–Trinajstić information content (AvgIpc) is 2.58. The Hall–Kier alpha value is -2.16. The van der Waals surface area contributed by atoms with E-state index in [1.165, 1.54) is 7.05 Å². The average molecular weight is 372 g/mol. The molecule has 5 N–H and O–H groups in total. The number of hydrogen-bond donors (Lipinski definition) is 4. The number of carbonyl (C=O) groups is 4. The number of primary amides is 1. The summed E-state index contributed by atoms with van der Waals surface area (Å²) in [6.45, 7) is 4.04. The molecule has 0 aromatic rings. The standard InChI is InChI=1S/C17H32N4O5/c1-12(2)8-7-11-15(23)21(26)17(25)20-13(16(24)19-3)9-5-4-6-10-14(18)22/h12-13,26H,4-11H2,1-3H3,(H2,18,22)(H,19,24)(H,20,25)/t13-/m0/s1. The number of imide groups is 1. The van der Waals surface area contributed by atoms with Crippen LogP contribution in [-0.4, -0.2) is 47.1 Å². The monoisotopic (exact) mass is 372 g/mol. The Morgan fingerprint density at radius 2 is 1.65 bits per heavy atom. The molecular weight excluding hydrogens is 340 g/mol. The lowest BCUT2D eigenvalue weighted by atomic mass is 10.1. The van der Waals surface area contributed by atoms with Gasteiger partial charge in [-0.2, -0.15) is 0 Å². The predicted molar refractivity (Wildman–Crippen MR) is 96.0 cm³/mol. The minimum absolute atomic E-state index is 0.0311. The van der Waals surface area contributed by atoms with E-state index < -0.39 is 23.9 Å². The van der Waals surface area contributed by atoms with E-state index in [9.17, 15) is 24.4 Å². The van der Waals surface area contributed by atoms with Gasteiger partial charge in [0.25, 0.3) is 5.91 Å². The van der Waals surface area contributed by atoms with E-state index >= 15 is 0 Å². The highest BCUT2D eigenvalue weighted by Crippen LogP contribution is 2.09. The zero-order chi connectivity index (χ0) is 20.1. The van der Waals surface area contributed by atoms with Gasteiger partial charge in [0, 0.05) is 19.9 Å². The Balaban J connectivity index is 4.45. The molecule has 9 heteroatoms. The van der Waals surface area contributed by atoms with Crippen LogP contribution < -0.4 is 16.4 Å². The van der Waals surface area contributed by atoms with Gasteiger partial charge in [-0.15, -0.1) is 5.06 Å². The van der Waals surface area contributed by atoms with Crippen molar-refractivity contribution in [3.63, 3.8) is 0 Å². The van der Waals surface area contributed by atoms with Crippen LogP contribution in [0.5, 0.6) is 0 Å². The van der Waals surface area contributed by atoms with Crippen molar-refractivity contribution in [2.75, 3.05) is 7.05 Å². The Morgan fingerprint density at radius 1 is 1.00 bits per heavy atom. The van der Waals surface area contributed by atoms with E-state index in [1.54, 1.807) is 0 Å². The summed E-state index contributed by atoms with van der Waals surface area (Å²) in [5.74, 6) is -1.09. The van der Waals surface area contributed by atoms with Gasteiger partial charge in [-0.3, -0.25) is 19.6 Å². The van der Waals surface area contributed by atoms with Crippen LogP contribution in [0, 0.1) is 5.92 Å². The number of likely N-dealkylation sites (N-methyl/N-ethyl adjacent to an activating group) is 1. The molecule has 0 aliphatic rings. The molecule has 26 heavy (non-hydrogen) atoms. The van der Waals surface area contributed by atoms with Crippen molar-refractivity contribution < 1.29 is 24.4 Å². The summed E-state index contributed by atoms with van der Waals surface area (Å²) in [7, 11) is 1.43. The largest absolute Gasteiger partial charge is 0.370 e. The molecule has 5 amide bonds. The lowest BCUT2D eigenvalue weighted by Gasteiger charge is -2.20. The van der Waals surface area contributed by atoms with Crippen molar-refractivity contribution in [3.8, 4) is 0 Å². The first-order chi connectivity index (χ1) is 12.2. The first-order valence-corrected chi connectivity index (χ1v) is 9.01. The lowest BCUT2D eigenvalue weighted by molar-refractivity contribution is -0.153. The molecule has 0 radical (unpaired) electrons. The highest BCUT2D eigenvalue weighted by atomic mass is 16.5. The van der Waals surface area contributed by atoms with Gasteiger partial charge in [-0.05, 0) is 25.2 Å². The van der Waals surface area contributed by atoms with Crippen LogP contribution in [0.4, 0.5) is 4.79 Å². The quantitative estimate of drug-likeness (QED) is 0.232. The highest BCUT2D eigenvalue weighted by molar-refractivity contribution is 5.95. The van der Waals surface area contributed by atoms with E-state index in [4.69, 9.17) is 5.73 Å². The summed E-state index contributed by atoms with van der Waals surface area (Å²) in [5, 5.41) is 14.5. The second-order valence-electron chi connectivity index (χ2n) is 6.67. The minimum Gasteiger partial charge on any atom is -0.370 e. The Morgan fingerprint density at radius 3 is 2.19 bits per heavy atom. The molecule has 0 spiro atoms. The van der Waals surface area contributed by atoms with E-state index in [0.717, 1.165) is 6.42 Å². The van der Waals surface area contributed by atoms with Crippen molar-refractivity contribution in [2.24, 2.45) is 11.7 Å². The van der Waals surface area contributed by atoms with Gasteiger partial charge in [0.2, 0.25) is 11.8 Å². The number of nitrogens with two attached hydrogens (primary N) is 1. The Kier molecular flexibility index (Phi) is 12.0. The van der Waals surface area contributed by atoms with Gasteiger partial charge in [0.05, 0.1) is 0 Å². The summed E-state index contributed by atoms with van der Waals surface area (Å²) in [4.78, 5) is 46.4. The van der Waals surface area contributed by atoms with E-state index in [-0.39, 0.29) is 23.8 Å². The normalized spacial score (nSPS) is 11.7. The number of unbranched alkanes of at least 4 members (excludes halogenated alkanes) is 2. The first-order valence-electron chi connectivity index (χ1n) is 9.01. The number of rotatable bonds is 12. The van der Waals surface area contributed by atoms with E-state index in [0.29, 0.717) is 38.0 Å². The van der Waals surface area contributed by atoms with Crippen molar-refractivity contribution in [1.29, 1.82) is 0 Å². The smallest absolute Gasteiger partial charge is 0.349 e. The SMILES string of the molecule is CNC(=O)[C@H](CCCCCC(N)=O)NC(=O)N(O)C(=O)CCCC(C)C. The molecule has 0 aliphatic carbocycles. The number of urea groups is 1. The minimum atomic E-state index is -1.02. The van der Waals surface area contributed by atoms with Gasteiger partial charge < -0.3 is 16.4 Å². The maximum absolute atomic E-state index is 12.0. The molecule has 1 atom stereocenters. The zero-order valence-corrected chi connectivity index (χ0v) is 15.9. The van der Waals surface area contributed by atoms with Crippen LogP contribution in [0.1, 0.15) is 65.2 Å². The number of amides is 5. The van der Waals surface area contributed by atoms with Crippen LogP contribution in [0.3, 0.4) is 0 Å². The molecule has 150 valence electrons. The van der Waals surface area contributed by atoms with Crippen LogP contribution in [0.25, 0.3) is 0 Å². The molecule has 0 saturated carbocycles. The fourth-order valence-corrected chi connectivity index (χ4v) is 2.36. The lowest BCUT2D eigenvalue weighted by Crippen LogP contribution is -2.51. The van der Waals surface area contributed by atoms with Gasteiger partial charge in [-0.25, -0.2) is 4.79 Å². The Bertz CT molecular complexity index is 482. The fraction of sp³-hybridized carbons (Fsp3) is 0.765. The molecule has 0 rings (SSSR count). The molecule has 9 nitrogen and oxygen atoms in total. The van der Waals surface area contributed by atoms with Crippen LogP contribution >= 0.6 is 0 Å². The molecule has 0 saturated heterocycles. The molecule has 0 fully saturated rings. The predicted octanol–water partition coefficient (Wildman–Crippen LogP) is 1.29. The summed E-state index contributed by atoms with van der Waals surface area (Å²) < 4.78 is 0. The van der Waals surface area contributed by atoms with Crippen molar-refractivity contribution >= 4 is 23.8 Å². The molecule has 0 aromatic heterocycles. The molecule has 0 aromatic carbocycles. The van der Waals surface area contributed by atoms with Crippen LogP contribution in [-0.2, 0) is 14.4 Å². The number of nitrogens with one attached hydrogen (secondary N) is 2. The molecule has 0 bridgehead atoms. The molecular formula is C17H32N4O5. The summed E-state index contributed by atoms with van der Waals surface area (Å²) in [5.41, 5.74) is 5.06. The van der Waals surface area contributed by atoms with Crippen molar-refractivity contribution in [2.45, 2.75) is 71.3 Å². The second-order valence-corrected chi connectivity index (χ2v) is 6.67. The molecule has 0 heterocycles. The third-order valence-corrected chi connectivity index (χ3v) is 3.88. The second kappa shape index (κ2) is 13.1. The summed E-state index contributed by atoms with van der Waals surface area (Å²) >= 11 is 0. The third kappa shape index (κ3) is 10.7. The van der Waals surface area contributed by atoms with Gasteiger partial charge in [0.1, 0.15) is 6.04 Å². The fourth-order valence-electron chi connectivity index (χ4n) is 2.36. The van der Waals surface area contributed by atoms with Crippen LogP contribution in [0.2, 0.25) is 0 Å². The van der Waals surface area contributed by atoms with Gasteiger partial charge in [0.15, 0.2) is 0 Å². The highest BCUT2D eigenvalue weighted by Gasteiger charge is 2.25. The van der Waals surface area contributed by atoms with Gasteiger partial charge >= 0.3 is 6.03 Å². The topological polar surface area (TPSA) is 142 Å². The van der Waals surface area contributed by atoms with E-state index in [1.807, 2.05) is 13.8 Å². The number of carbonyl (C=O) groups excluding carboxylic acids is 4.